The third kappa shape index (κ3) is 2.53. The highest BCUT2D eigenvalue weighted by molar-refractivity contribution is 7.98. The normalized spacial score (nSPS) is 10.5. The van der Waals surface area contributed by atoms with Crippen molar-refractivity contribution in [3.63, 3.8) is 0 Å². The average Bonchev–Trinajstić information content (AvgIpc) is 2.52. The maximum atomic E-state index is 8.58. The molecular weight excluding hydrogens is 172 g/mol. The van der Waals surface area contributed by atoms with Crippen molar-refractivity contribution in [3.8, 4) is 0 Å². The fourth-order valence-corrected chi connectivity index (χ4v) is 1.72. The second kappa shape index (κ2) is 5.22. The molecular formula is C8H14N2OS. The first-order valence-electron chi connectivity index (χ1n) is 4.06. The van der Waals surface area contributed by atoms with E-state index in [9.17, 15) is 0 Å². The van der Waals surface area contributed by atoms with E-state index in [1.807, 2.05) is 12.5 Å². The van der Waals surface area contributed by atoms with Crippen LogP contribution in [0.2, 0.25) is 0 Å². The first-order chi connectivity index (χ1) is 5.88. The fourth-order valence-electron chi connectivity index (χ4n) is 0.994. The fraction of sp³-hybridized carbons (Fsp3) is 0.625. The smallest absolute Gasteiger partial charge is 0.0948 e. The molecule has 0 amide bonds. The Balaban J connectivity index is 2.39. The van der Waals surface area contributed by atoms with Crippen LogP contribution in [0.5, 0.6) is 0 Å². The highest BCUT2D eigenvalue weighted by Gasteiger charge is 1.98. The second-order valence-corrected chi connectivity index (χ2v) is 3.55. The van der Waals surface area contributed by atoms with Gasteiger partial charge >= 0.3 is 0 Å². The largest absolute Gasteiger partial charge is 0.396 e. The molecule has 0 aliphatic heterocycles. The first kappa shape index (κ1) is 9.61. The van der Waals surface area contributed by atoms with Crippen molar-refractivity contribution < 1.29 is 5.11 Å². The number of aryl methyl sites for hydroxylation is 1. The highest BCUT2D eigenvalue weighted by Crippen LogP contribution is 2.10. The Morgan fingerprint density at radius 3 is 3.17 bits per heavy atom. The van der Waals surface area contributed by atoms with Gasteiger partial charge in [0.15, 0.2) is 0 Å². The minimum atomic E-state index is 0.255. The van der Waals surface area contributed by atoms with E-state index < -0.39 is 0 Å². The number of imidazole rings is 1. The molecule has 0 fully saturated rings. The van der Waals surface area contributed by atoms with Crippen LogP contribution in [-0.2, 0) is 12.3 Å². The van der Waals surface area contributed by atoms with Crippen molar-refractivity contribution in [1.82, 2.24) is 9.55 Å². The van der Waals surface area contributed by atoms with Crippen molar-refractivity contribution in [3.05, 3.63) is 18.2 Å². The van der Waals surface area contributed by atoms with E-state index in [0.717, 1.165) is 18.1 Å². The second-order valence-electron chi connectivity index (χ2n) is 2.45. The zero-order valence-corrected chi connectivity index (χ0v) is 8.05. The third-order valence-electron chi connectivity index (χ3n) is 1.62. The van der Waals surface area contributed by atoms with Gasteiger partial charge in [0.2, 0.25) is 0 Å². The highest BCUT2D eigenvalue weighted by atomic mass is 32.2. The van der Waals surface area contributed by atoms with Crippen LogP contribution in [-0.4, -0.2) is 27.0 Å². The summed E-state index contributed by atoms with van der Waals surface area (Å²) in [7, 11) is 0. The van der Waals surface area contributed by atoms with E-state index in [2.05, 4.69) is 16.5 Å². The molecule has 0 unspecified atom stereocenters. The van der Waals surface area contributed by atoms with Crippen LogP contribution in [0, 0.1) is 0 Å². The number of aliphatic hydroxyl groups is 1. The number of hydrogen-bond acceptors (Lipinski definition) is 3. The summed E-state index contributed by atoms with van der Waals surface area (Å²) in [6.45, 7) is 3.32. The lowest BCUT2D eigenvalue weighted by Gasteiger charge is -2.03. The maximum absolute atomic E-state index is 8.58. The Kier molecular flexibility index (Phi) is 4.18. The Labute approximate surface area is 76.8 Å². The molecule has 0 radical (unpaired) electrons. The summed E-state index contributed by atoms with van der Waals surface area (Å²) in [5.41, 5.74) is 1.23. The van der Waals surface area contributed by atoms with E-state index in [1.165, 1.54) is 5.69 Å². The number of thioether (sulfide) groups is 1. The molecule has 12 heavy (non-hydrogen) atoms. The molecule has 4 heteroatoms. The van der Waals surface area contributed by atoms with Crippen molar-refractivity contribution >= 4 is 11.8 Å². The lowest BCUT2D eigenvalue weighted by atomic mass is 10.5. The Hall–Kier alpha value is -0.480. The summed E-state index contributed by atoms with van der Waals surface area (Å²) in [6.07, 6.45) is 3.72. The topological polar surface area (TPSA) is 38.0 Å². The molecule has 1 heterocycles. The molecule has 1 N–H and O–H groups in total. The van der Waals surface area contributed by atoms with E-state index in [1.54, 1.807) is 11.8 Å². The predicted molar refractivity (Wildman–Crippen MR) is 51.1 cm³/mol. The molecule has 0 spiro atoms. The van der Waals surface area contributed by atoms with Gasteiger partial charge in [0.05, 0.1) is 12.9 Å². The maximum Gasteiger partial charge on any atom is 0.0948 e. The van der Waals surface area contributed by atoms with Gasteiger partial charge in [-0.1, -0.05) is 0 Å². The van der Waals surface area contributed by atoms with Crippen molar-refractivity contribution in [2.24, 2.45) is 0 Å². The number of aromatic nitrogens is 2. The minimum absolute atomic E-state index is 0.255. The monoisotopic (exact) mass is 186 g/mol. The molecule has 1 rings (SSSR count). The standard InChI is InChI=1S/C8H14N2OS/c1-2-10-7-9-5-8(10)6-12-4-3-11/h5,7,11H,2-4,6H2,1H3. The SMILES string of the molecule is CCn1cncc1CSCCO. The van der Waals surface area contributed by atoms with E-state index in [-0.39, 0.29) is 6.61 Å². The van der Waals surface area contributed by atoms with Gasteiger partial charge in [0, 0.05) is 29.9 Å². The van der Waals surface area contributed by atoms with Crippen LogP contribution >= 0.6 is 11.8 Å². The van der Waals surface area contributed by atoms with E-state index >= 15 is 0 Å². The molecule has 1 aromatic rings. The summed E-state index contributed by atoms with van der Waals surface area (Å²) in [6, 6.07) is 0. The van der Waals surface area contributed by atoms with Gasteiger partial charge < -0.3 is 9.67 Å². The Morgan fingerprint density at radius 2 is 2.50 bits per heavy atom. The van der Waals surface area contributed by atoms with Crippen molar-refractivity contribution in [1.29, 1.82) is 0 Å². The quantitative estimate of drug-likeness (QED) is 0.700. The predicted octanol–water partition coefficient (Wildman–Crippen LogP) is 1.13. The molecule has 0 aliphatic carbocycles. The lowest BCUT2D eigenvalue weighted by Crippen LogP contribution is -1.98. The zero-order valence-electron chi connectivity index (χ0n) is 7.23. The molecule has 0 aromatic carbocycles. The van der Waals surface area contributed by atoms with Crippen LogP contribution in [0.15, 0.2) is 12.5 Å². The van der Waals surface area contributed by atoms with Crippen molar-refractivity contribution in [2.75, 3.05) is 12.4 Å². The van der Waals surface area contributed by atoms with Gasteiger partial charge in [0.1, 0.15) is 0 Å². The molecule has 68 valence electrons. The average molecular weight is 186 g/mol. The van der Waals surface area contributed by atoms with Crippen LogP contribution in [0.1, 0.15) is 12.6 Å². The number of aliphatic hydroxyl groups excluding tert-OH is 1. The van der Waals surface area contributed by atoms with E-state index in [4.69, 9.17) is 5.11 Å². The third-order valence-corrected chi connectivity index (χ3v) is 2.60. The van der Waals surface area contributed by atoms with Crippen molar-refractivity contribution in [2.45, 2.75) is 19.2 Å². The number of rotatable bonds is 5. The minimum Gasteiger partial charge on any atom is -0.396 e. The van der Waals surface area contributed by atoms with Gasteiger partial charge in [0.25, 0.3) is 0 Å². The number of hydrogen-bond donors (Lipinski definition) is 1. The summed E-state index contributed by atoms with van der Waals surface area (Å²) >= 11 is 1.73. The van der Waals surface area contributed by atoms with E-state index in [0.29, 0.717) is 0 Å². The molecule has 0 saturated heterocycles. The molecule has 0 aliphatic rings. The van der Waals surface area contributed by atoms with Crippen LogP contribution in [0.3, 0.4) is 0 Å². The van der Waals surface area contributed by atoms with Gasteiger partial charge in [-0.25, -0.2) is 4.98 Å². The molecule has 0 saturated carbocycles. The van der Waals surface area contributed by atoms with Gasteiger partial charge in [-0.2, -0.15) is 11.8 Å². The molecule has 0 atom stereocenters. The lowest BCUT2D eigenvalue weighted by molar-refractivity contribution is 0.322. The first-order valence-corrected chi connectivity index (χ1v) is 5.21. The summed E-state index contributed by atoms with van der Waals surface area (Å²) in [4.78, 5) is 4.06. The molecule has 0 bridgehead atoms. The summed E-state index contributed by atoms with van der Waals surface area (Å²) in [5.74, 6) is 1.74. The Bertz CT molecular complexity index is 225. The van der Waals surface area contributed by atoms with Gasteiger partial charge in [-0.05, 0) is 6.92 Å². The summed E-state index contributed by atoms with van der Waals surface area (Å²) < 4.78 is 2.12. The van der Waals surface area contributed by atoms with Crippen LogP contribution < -0.4 is 0 Å². The summed E-state index contributed by atoms with van der Waals surface area (Å²) in [5, 5.41) is 8.58. The molecule has 3 nitrogen and oxygen atoms in total. The zero-order chi connectivity index (χ0) is 8.81. The van der Waals surface area contributed by atoms with Gasteiger partial charge in [-0.3, -0.25) is 0 Å². The molecule has 1 aromatic heterocycles. The van der Waals surface area contributed by atoms with Crippen LogP contribution in [0.25, 0.3) is 0 Å². The van der Waals surface area contributed by atoms with Gasteiger partial charge in [-0.15, -0.1) is 0 Å². The van der Waals surface area contributed by atoms with Crippen LogP contribution in [0.4, 0.5) is 0 Å². The number of nitrogens with zero attached hydrogens (tertiary/aromatic N) is 2. The Morgan fingerprint density at radius 1 is 1.67 bits per heavy atom.